The molecule has 68 valence electrons. The molecule has 0 bridgehead atoms. The Labute approximate surface area is 74.9 Å². The molecule has 1 rings (SSSR count). The molecule has 1 aromatic carbocycles. The highest BCUT2D eigenvalue weighted by Crippen LogP contribution is 1.97. The molecule has 1 amide bonds. The van der Waals surface area contributed by atoms with Gasteiger partial charge in [-0.3, -0.25) is 4.79 Å². The van der Waals surface area contributed by atoms with Crippen molar-refractivity contribution in [3.63, 3.8) is 0 Å². The largest absolute Gasteiger partial charge is 0.369 e. The van der Waals surface area contributed by atoms with E-state index in [4.69, 9.17) is 5.73 Å². The lowest BCUT2D eigenvalue weighted by Crippen LogP contribution is -2.13. The van der Waals surface area contributed by atoms with Crippen LogP contribution in [0.15, 0.2) is 30.3 Å². The third kappa shape index (κ3) is 4.50. The van der Waals surface area contributed by atoms with Crippen LogP contribution in [0.4, 0.5) is 0 Å². The molecule has 0 radical (unpaired) electrons. The van der Waals surface area contributed by atoms with E-state index in [0.29, 0.717) is 6.42 Å². The Kier molecular flexibility index (Phi) is 5.70. The number of hydrogen-bond acceptors (Lipinski definition) is 1. The summed E-state index contributed by atoms with van der Waals surface area (Å²) in [6.45, 7) is 4.00. The number of benzene rings is 1. The van der Waals surface area contributed by atoms with Crippen LogP contribution in [-0.2, 0) is 11.2 Å². The van der Waals surface area contributed by atoms with Crippen LogP contribution in [-0.4, -0.2) is 5.91 Å². The Balaban J connectivity index is 0. The second kappa shape index (κ2) is 6.40. The molecule has 0 unspecified atom stereocenters. The Hall–Kier alpha value is -1.31. The summed E-state index contributed by atoms with van der Waals surface area (Å²) in [5.41, 5.74) is 5.95. The van der Waals surface area contributed by atoms with Crippen LogP contribution in [0.3, 0.4) is 0 Å². The van der Waals surface area contributed by atoms with Crippen molar-refractivity contribution in [1.82, 2.24) is 0 Å². The summed E-state index contributed by atoms with van der Waals surface area (Å²) in [7, 11) is 0. The fraction of sp³-hybridized carbons (Fsp3) is 0.300. The average molecular weight is 167 g/mol. The maximum Gasteiger partial charge on any atom is 0.221 e. The zero-order valence-corrected chi connectivity index (χ0v) is 7.58. The van der Waals surface area contributed by atoms with Gasteiger partial charge in [-0.1, -0.05) is 44.2 Å². The highest BCUT2D eigenvalue weighted by atomic mass is 16.1. The van der Waals surface area contributed by atoms with Gasteiger partial charge in [0, 0.05) is 1.43 Å². The summed E-state index contributed by atoms with van der Waals surface area (Å²) in [5, 5.41) is 0. The quantitative estimate of drug-likeness (QED) is 0.719. The minimum atomic E-state index is -0.286. The molecule has 0 heterocycles. The van der Waals surface area contributed by atoms with Crippen molar-refractivity contribution >= 4 is 5.91 Å². The summed E-state index contributed by atoms with van der Waals surface area (Å²) in [4.78, 5) is 10.4. The van der Waals surface area contributed by atoms with Crippen molar-refractivity contribution in [2.24, 2.45) is 5.73 Å². The molecule has 0 saturated heterocycles. The zero-order valence-electron chi connectivity index (χ0n) is 7.58. The van der Waals surface area contributed by atoms with Crippen LogP contribution >= 0.6 is 0 Å². The lowest BCUT2D eigenvalue weighted by molar-refractivity contribution is -0.117. The number of carbonyl (C=O) groups excluding carboxylic acids is 1. The Bertz CT molecular complexity index is 224. The van der Waals surface area contributed by atoms with Crippen molar-refractivity contribution in [1.29, 1.82) is 0 Å². The van der Waals surface area contributed by atoms with Gasteiger partial charge in [-0.2, -0.15) is 0 Å². The second-order valence-corrected chi connectivity index (χ2v) is 2.13. The van der Waals surface area contributed by atoms with E-state index < -0.39 is 0 Å². The first-order valence-electron chi connectivity index (χ1n) is 4.11. The number of hydrogen-bond donors (Lipinski definition) is 1. The number of primary amides is 1. The highest BCUT2D eigenvalue weighted by molar-refractivity contribution is 5.76. The zero-order chi connectivity index (χ0) is 9.40. The van der Waals surface area contributed by atoms with Gasteiger partial charge < -0.3 is 5.73 Å². The number of carbonyl (C=O) groups is 1. The minimum Gasteiger partial charge on any atom is -0.369 e. The van der Waals surface area contributed by atoms with E-state index in [1.54, 1.807) is 0 Å². The van der Waals surface area contributed by atoms with E-state index in [9.17, 15) is 4.79 Å². The molecule has 0 atom stereocenters. The Morgan fingerprint density at radius 1 is 1.33 bits per heavy atom. The molecule has 0 saturated carbocycles. The van der Waals surface area contributed by atoms with E-state index in [0.717, 1.165) is 5.56 Å². The molecule has 0 fully saturated rings. The summed E-state index contributed by atoms with van der Waals surface area (Å²) < 4.78 is 0. The fourth-order valence-electron chi connectivity index (χ4n) is 0.797. The smallest absolute Gasteiger partial charge is 0.221 e. The highest BCUT2D eigenvalue weighted by Gasteiger charge is 1.94. The van der Waals surface area contributed by atoms with Gasteiger partial charge in [0.2, 0.25) is 5.91 Å². The third-order valence-corrected chi connectivity index (χ3v) is 1.22. The molecular formula is C10H17NO. The summed E-state index contributed by atoms with van der Waals surface area (Å²) in [6, 6.07) is 9.44. The number of rotatable bonds is 2. The molecule has 12 heavy (non-hydrogen) atoms. The van der Waals surface area contributed by atoms with Gasteiger partial charge in [0.05, 0.1) is 6.42 Å². The van der Waals surface area contributed by atoms with E-state index in [-0.39, 0.29) is 7.33 Å². The van der Waals surface area contributed by atoms with Crippen LogP contribution in [0.1, 0.15) is 20.8 Å². The molecule has 0 aliphatic rings. The lowest BCUT2D eigenvalue weighted by Gasteiger charge is -1.93. The Morgan fingerprint density at radius 3 is 2.25 bits per heavy atom. The Morgan fingerprint density at radius 2 is 1.83 bits per heavy atom. The van der Waals surface area contributed by atoms with E-state index >= 15 is 0 Å². The van der Waals surface area contributed by atoms with E-state index in [1.807, 2.05) is 44.2 Å². The average Bonchev–Trinajstić information content (AvgIpc) is 2.08. The van der Waals surface area contributed by atoms with Crippen molar-refractivity contribution in [2.75, 3.05) is 0 Å². The van der Waals surface area contributed by atoms with Crippen molar-refractivity contribution in [3.05, 3.63) is 35.9 Å². The van der Waals surface area contributed by atoms with Gasteiger partial charge in [-0.15, -0.1) is 0 Å². The monoisotopic (exact) mass is 167 g/mol. The predicted octanol–water partition coefficient (Wildman–Crippen LogP) is 1.99. The van der Waals surface area contributed by atoms with Gasteiger partial charge in [0.1, 0.15) is 0 Å². The van der Waals surface area contributed by atoms with Crippen molar-refractivity contribution < 1.29 is 6.22 Å². The third-order valence-electron chi connectivity index (χ3n) is 1.22. The minimum absolute atomic E-state index is 0. The molecule has 2 heteroatoms. The predicted molar refractivity (Wildman–Crippen MR) is 52.8 cm³/mol. The van der Waals surface area contributed by atoms with Gasteiger partial charge in [-0.25, -0.2) is 0 Å². The molecule has 0 aliphatic carbocycles. The first-order valence-corrected chi connectivity index (χ1v) is 4.11. The van der Waals surface area contributed by atoms with Crippen LogP contribution in [0.2, 0.25) is 0 Å². The molecule has 0 spiro atoms. The maximum absolute atomic E-state index is 10.4. The molecule has 1 aromatic rings. The molecular weight excluding hydrogens is 150 g/mol. The van der Waals surface area contributed by atoms with Crippen LogP contribution in [0, 0.1) is 0 Å². The number of amides is 1. The van der Waals surface area contributed by atoms with Crippen LogP contribution < -0.4 is 5.73 Å². The SMILES string of the molecule is CC.NC(=O)Cc1ccccc1.[HH]. The van der Waals surface area contributed by atoms with Crippen LogP contribution in [0.25, 0.3) is 0 Å². The fourth-order valence-corrected chi connectivity index (χ4v) is 0.797. The van der Waals surface area contributed by atoms with Crippen molar-refractivity contribution in [3.8, 4) is 0 Å². The molecule has 0 aromatic heterocycles. The van der Waals surface area contributed by atoms with E-state index in [1.165, 1.54) is 0 Å². The van der Waals surface area contributed by atoms with Gasteiger partial charge >= 0.3 is 0 Å². The lowest BCUT2D eigenvalue weighted by atomic mass is 10.1. The van der Waals surface area contributed by atoms with Crippen molar-refractivity contribution in [2.45, 2.75) is 20.3 Å². The molecule has 2 N–H and O–H groups in total. The molecule has 0 aliphatic heterocycles. The summed E-state index contributed by atoms with van der Waals surface area (Å²) >= 11 is 0. The number of nitrogens with two attached hydrogens (primary N) is 1. The first kappa shape index (κ1) is 10.7. The standard InChI is InChI=1S/C8H9NO.C2H6.H2/c9-8(10)6-7-4-2-1-3-5-7;1-2;/h1-5H,6H2,(H2,9,10);1-2H3;1H. The first-order chi connectivity index (χ1) is 5.79. The van der Waals surface area contributed by atoms with Gasteiger partial charge in [0.25, 0.3) is 0 Å². The van der Waals surface area contributed by atoms with Crippen LogP contribution in [0.5, 0.6) is 0 Å². The second-order valence-electron chi connectivity index (χ2n) is 2.13. The summed E-state index contributed by atoms with van der Waals surface area (Å²) in [6.07, 6.45) is 0.334. The normalized spacial score (nSPS) is 8.17. The topological polar surface area (TPSA) is 43.1 Å². The summed E-state index contributed by atoms with van der Waals surface area (Å²) in [5.74, 6) is -0.286. The maximum atomic E-state index is 10.4. The van der Waals surface area contributed by atoms with E-state index in [2.05, 4.69) is 0 Å². The van der Waals surface area contributed by atoms with Gasteiger partial charge in [0.15, 0.2) is 0 Å². The molecule has 2 nitrogen and oxygen atoms in total. The van der Waals surface area contributed by atoms with Gasteiger partial charge in [-0.05, 0) is 5.56 Å².